The Bertz CT molecular complexity index is 661. The van der Waals surface area contributed by atoms with Crippen LogP contribution in [0.15, 0.2) is 42.9 Å². The molecule has 1 heterocycles. The fraction of sp³-hybridized carbons (Fsp3) is 0.267. The van der Waals surface area contributed by atoms with Crippen LogP contribution in [0.3, 0.4) is 0 Å². The molecule has 0 radical (unpaired) electrons. The molecule has 0 aliphatic heterocycles. The molecule has 8 heteroatoms. The number of nitrogens with one attached hydrogen (secondary N) is 2. The van der Waals surface area contributed by atoms with E-state index in [4.69, 9.17) is 0 Å². The molecule has 0 aliphatic rings. The maximum atomic E-state index is 12.8. The fourth-order valence-electron chi connectivity index (χ4n) is 2.08. The number of rotatable bonds is 5. The lowest BCUT2D eigenvalue weighted by molar-refractivity contribution is -0.137. The predicted octanol–water partition coefficient (Wildman–Crippen LogP) is 3.13. The third-order valence-electron chi connectivity index (χ3n) is 3.22. The minimum Gasteiger partial charge on any atom is -0.281 e. The number of alkyl halides is 3. The molecule has 0 saturated heterocycles. The molecular formula is C15H15F3N4O. The Hall–Kier alpha value is -2.64. The van der Waals surface area contributed by atoms with Crippen molar-refractivity contribution in [3.05, 3.63) is 54.0 Å². The quantitative estimate of drug-likeness (QED) is 0.829. The summed E-state index contributed by atoms with van der Waals surface area (Å²) in [6.45, 7) is 1.73. The Kier molecular flexibility index (Phi) is 5.15. The van der Waals surface area contributed by atoms with Crippen molar-refractivity contribution in [2.75, 3.05) is 5.43 Å². The molecule has 23 heavy (non-hydrogen) atoms. The second-order valence-corrected chi connectivity index (χ2v) is 4.79. The summed E-state index contributed by atoms with van der Waals surface area (Å²) in [5.41, 5.74) is 4.54. The second-order valence-electron chi connectivity index (χ2n) is 4.79. The number of carbonyl (C=O) groups is 1. The Balaban J connectivity index is 2.11. The maximum Gasteiger partial charge on any atom is 0.416 e. The van der Waals surface area contributed by atoms with Gasteiger partial charge in [-0.25, -0.2) is 4.98 Å². The molecule has 1 aromatic carbocycles. The van der Waals surface area contributed by atoms with E-state index in [0.717, 1.165) is 12.1 Å². The molecule has 5 nitrogen and oxygen atoms in total. The summed E-state index contributed by atoms with van der Waals surface area (Å²) in [5.74, 6) is -0.821. The smallest absolute Gasteiger partial charge is 0.281 e. The lowest BCUT2D eigenvalue weighted by atomic mass is 9.94. The van der Waals surface area contributed by atoms with Crippen LogP contribution >= 0.6 is 0 Å². The Morgan fingerprint density at radius 2 is 2.09 bits per heavy atom. The monoisotopic (exact) mass is 324 g/mol. The third kappa shape index (κ3) is 4.41. The molecule has 2 aromatic rings. The average Bonchev–Trinajstić information content (AvgIpc) is 2.54. The van der Waals surface area contributed by atoms with Crippen LogP contribution in [0.4, 0.5) is 19.0 Å². The molecule has 0 aliphatic carbocycles. The third-order valence-corrected chi connectivity index (χ3v) is 3.22. The van der Waals surface area contributed by atoms with E-state index in [-0.39, 0.29) is 0 Å². The molecule has 0 bridgehead atoms. The molecule has 1 amide bonds. The topological polar surface area (TPSA) is 66.9 Å². The lowest BCUT2D eigenvalue weighted by Crippen LogP contribution is -2.34. The minimum absolute atomic E-state index is 0.306. The van der Waals surface area contributed by atoms with Gasteiger partial charge in [-0.05, 0) is 18.1 Å². The molecule has 0 fully saturated rings. The van der Waals surface area contributed by atoms with Crippen LogP contribution < -0.4 is 10.9 Å². The van der Waals surface area contributed by atoms with Gasteiger partial charge in [0.1, 0.15) is 0 Å². The predicted molar refractivity (Wildman–Crippen MR) is 78.3 cm³/mol. The maximum absolute atomic E-state index is 12.8. The summed E-state index contributed by atoms with van der Waals surface area (Å²) in [7, 11) is 0. The number of hydrogen-bond acceptors (Lipinski definition) is 4. The van der Waals surface area contributed by atoms with Crippen molar-refractivity contribution in [3.63, 3.8) is 0 Å². The first-order valence-electron chi connectivity index (χ1n) is 6.91. The van der Waals surface area contributed by atoms with Crippen LogP contribution in [0, 0.1) is 0 Å². The van der Waals surface area contributed by atoms with E-state index in [1.165, 1.54) is 30.7 Å². The first kappa shape index (κ1) is 16.7. The van der Waals surface area contributed by atoms with Gasteiger partial charge >= 0.3 is 6.18 Å². The molecule has 2 N–H and O–H groups in total. The Labute approximate surface area is 130 Å². The number of anilines is 1. The van der Waals surface area contributed by atoms with E-state index in [0.29, 0.717) is 17.8 Å². The van der Waals surface area contributed by atoms with E-state index in [9.17, 15) is 18.0 Å². The molecule has 1 unspecified atom stereocenters. The van der Waals surface area contributed by atoms with Gasteiger partial charge in [0.2, 0.25) is 5.91 Å². The summed E-state index contributed by atoms with van der Waals surface area (Å²) >= 11 is 0. The first-order valence-corrected chi connectivity index (χ1v) is 6.91. The number of amides is 1. The summed E-state index contributed by atoms with van der Waals surface area (Å²) in [6.07, 6.45) is 0.243. The van der Waals surface area contributed by atoms with Crippen LogP contribution in [0.1, 0.15) is 30.4 Å². The summed E-state index contributed by atoms with van der Waals surface area (Å²) in [4.78, 5) is 19.9. The van der Waals surface area contributed by atoms with Crippen molar-refractivity contribution in [1.29, 1.82) is 0 Å². The highest BCUT2D eigenvalue weighted by Gasteiger charge is 2.31. The van der Waals surface area contributed by atoms with Crippen molar-refractivity contribution in [1.82, 2.24) is 15.4 Å². The summed E-state index contributed by atoms with van der Waals surface area (Å²) in [6, 6.07) is 4.78. The molecule has 2 rings (SSSR count). The number of nitrogens with zero attached hydrogens (tertiary/aromatic N) is 2. The summed E-state index contributed by atoms with van der Waals surface area (Å²) in [5, 5.41) is 0. The lowest BCUT2D eigenvalue weighted by Gasteiger charge is -2.17. The van der Waals surface area contributed by atoms with Crippen LogP contribution in [-0.4, -0.2) is 15.9 Å². The van der Waals surface area contributed by atoms with Crippen molar-refractivity contribution in [2.24, 2.45) is 0 Å². The van der Waals surface area contributed by atoms with Gasteiger partial charge in [-0.2, -0.15) is 13.2 Å². The van der Waals surface area contributed by atoms with Gasteiger partial charge < -0.3 is 0 Å². The van der Waals surface area contributed by atoms with Crippen LogP contribution in [-0.2, 0) is 11.0 Å². The van der Waals surface area contributed by atoms with Crippen molar-refractivity contribution in [2.45, 2.75) is 25.4 Å². The van der Waals surface area contributed by atoms with E-state index >= 15 is 0 Å². The summed E-state index contributed by atoms with van der Waals surface area (Å²) < 4.78 is 38.3. The van der Waals surface area contributed by atoms with E-state index in [1.54, 1.807) is 6.92 Å². The van der Waals surface area contributed by atoms with E-state index < -0.39 is 23.6 Å². The molecule has 0 saturated carbocycles. The van der Waals surface area contributed by atoms with Crippen LogP contribution in [0.25, 0.3) is 0 Å². The average molecular weight is 324 g/mol. The van der Waals surface area contributed by atoms with E-state index in [2.05, 4.69) is 20.8 Å². The van der Waals surface area contributed by atoms with Gasteiger partial charge in [0.25, 0.3) is 0 Å². The van der Waals surface area contributed by atoms with Crippen molar-refractivity contribution in [3.8, 4) is 0 Å². The molecular weight excluding hydrogens is 309 g/mol. The van der Waals surface area contributed by atoms with Crippen molar-refractivity contribution >= 4 is 11.7 Å². The fourth-order valence-corrected chi connectivity index (χ4v) is 2.08. The minimum atomic E-state index is -4.44. The van der Waals surface area contributed by atoms with Gasteiger partial charge in [-0.1, -0.05) is 25.1 Å². The number of hydrazine groups is 1. The van der Waals surface area contributed by atoms with Crippen molar-refractivity contribution < 1.29 is 18.0 Å². The molecule has 122 valence electrons. The number of hydrogen-bond donors (Lipinski definition) is 2. The highest BCUT2D eigenvalue weighted by Crippen LogP contribution is 2.31. The molecule has 1 aromatic heterocycles. The number of carbonyl (C=O) groups excluding carboxylic acids is 1. The zero-order valence-electron chi connectivity index (χ0n) is 12.3. The highest BCUT2D eigenvalue weighted by molar-refractivity contribution is 5.84. The zero-order valence-corrected chi connectivity index (χ0v) is 12.3. The number of halogens is 3. The van der Waals surface area contributed by atoms with Crippen LogP contribution in [0.5, 0.6) is 0 Å². The zero-order chi connectivity index (χ0) is 16.9. The number of aromatic nitrogens is 2. The van der Waals surface area contributed by atoms with Gasteiger partial charge in [-0.3, -0.25) is 20.6 Å². The van der Waals surface area contributed by atoms with Gasteiger partial charge in [0.15, 0.2) is 5.82 Å². The first-order chi connectivity index (χ1) is 10.9. The number of benzene rings is 1. The standard InChI is InChI=1S/C15H15F3N4O/c1-2-12(10-4-3-5-11(8-10)15(16,17)18)14(23)22-21-13-9-19-6-7-20-13/h3-9,12H,2H2,1H3,(H,20,21)(H,22,23). The van der Waals surface area contributed by atoms with E-state index in [1.807, 2.05) is 0 Å². The normalized spacial score (nSPS) is 12.5. The second kappa shape index (κ2) is 7.08. The highest BCUT2D eigenvalue weighted by atomic mass is 19.4. The Morgan fingerprint density at radius 3 is 2.70 bits per heavy atom. The Morgan fingerprint density at radius 1 is 1.30 bits per heavy atom. The molecule has 1 atom stereocenters. The van der Waals surface area contributed by atoms with Gasteiger partial charge in [-0.15, -0.1) is 0 Å². The van der Waals surface area contributed by atoms with Gasteiger partial charge in [0, 0.05) is 12.4 Å². The molecule has 0 spiro atoms. The SMILES string of the molecule is CCC(C(=O)NNc1cnccn1)c1cccc(C(F)(F)F)c1. The van der Waals surface area contributed by atoms with Crippen LogP contribution in [0.2, 0.25) is 0 Å². The van der Waals surface area contributed by atoms with Gasteiger partial charge in [0.05, 0.1) is 17.7 Å². The largest absolute Gasteiger partial charge is 0.416 e.